The van der Waals surface area contributed by atoms with Gasteiger partial charge in [-0.15, -0.1) is 0 Å². The minimum Gasteiger partial charge on any atom is -0.481 e. The molecule has 0 radical (unpaired) electrons. The zero-order valence-electron chi connectivity index (χ0n) is 13.4. The van der Waals surface area contributed by atoms with Gasteiger partial charge >= 0.3 is 23.9 Å². The molecule has 0 saturated heterocycles. The number of hydrogen-bond donors (Lipinski definition) is 9. The van der Waals surface area contributed by atoms with Crippen molar-refractivity contribution in [2.75, 3.05) is 26.2 Å². The van der Waals surface area contributed by atoms with Gasteiger partial charge in [-0.1, -0.05) is 0 Å². The Hall–Kier alpha value is -1.93. The summed E-state index contributed by atoms with van der Waals surface area (Å²) in [5.41, 5.74) is 18.3. The summed E-state index contributed by atoms with van der Waals surface area (Å²) in [5.74, 6) is -4.70. The molecule has 148 valence electrons. The zero-order chi connectivity index (χ0) is 20.7. The Labute approximate surface area is 161 Å². The average molecular weight is 452 g/mol. The summed E-state index contributed by atoms with van der Waals surface area (Å²) >= 11 is 0. The van der Waals surface area contributed by atoms with Crippen LogP contribution in [0.25, 0.3) is 0 Å². The minimum atomic E-state index is -0.968. The van der Waals surface area contributed by atoms with Crippen molar-refractivity contribution in [1.82, 2.24) is 0 Å². The van der Waals surface area contributed by atoms with E-state index in [2.05, 4.69) is 22.9 Å². The number of hydrogen-bond acceptors (Lipinski definition) is 9. The van der Waals surface area contributed by atoms with Crippen molar-refractivity contribution in [2.24, 2.45) is 22.9 Å². The maximum Gasteiger partial charge on any atom is 0.317 e. The molecule has 25 heavy (non-hydrogen) atoms. The Morgan fingerprint density at radius 1 is 0.560 bits per heavy atom. The van der Waals surface area contributed by atoms with Gasteiger partial charge in [0.25, 0.3) is 5.97 Å². The topological polar surface area (TPSA) is 291 Å². The predicted molar refractivity (Wildman–Crippen MR) is 80.1 cm³/mol. The molecule has 0 aliphatic heterocycles. The van der Waals surface area contributed by atoms with E-state index in [-0.39, 0.29) is 52.4 Å². The SMILES string of the molecule is CC(=O)O.NCC(=O)O.NCC(=O)O.NCC(=O)O.NCC(=O)O.[Zr]. The van der Waals surface area contributed by atoms with Gasteiger partial charge in [-0.05, 0) is 0 Å². The normalized spacial score (nSPS) is 6.92. The van der Waals surface area contributed by atoms with Gasteiger partial charge < -0.3 is 48.5 Å². The summed E-state index contributed by atoms with van der Waals surface area (Å²) in [7, 11) is 0. The van der Waals surface area contributed by atoms with E-state index in [1.54, 1.807) is 0 Å². The molecule has 15 heteroatoms. The molecule has 0 saturated carbocycles. The molecule has 0 aliphatic rings. The third-order valence-corrected chi connectivity index (χ3v) is 0.698. The van der Waals surface area contributed by atoms with Gasteiger partial charge in [0, 0.05) is 33.1 Å². The second-order valence-corrected chi connectivity index (χ2v) is 2.91. The Kier molecular flexibility index (Phi) is 51.9. The molecule has 0 aromatic heterocycles. The van der Waals surface area contributed by atoms with E-state index in [1.807, 2.05) is 0 Å². The minimum absolute atomic E-state index is 0. The first kappa shape index (κ1) is 38.6. The molecule has 0 aromatic carbocycles. The molecule has 0 amide bonds. The molecule has 0 heterocycles. The smallest absolute Gasteiger partial charge is 0.317 e. The zero-order valence-corrected chi connectivity index (χ0v) is 15.9. The molecule has 14 nitrogen and oxygen atoms in total. The Morgan fingerprint density at radius 3 is 0.600 bits per heavy atom. The Bertz CT molecular complexity index is 308. The van der Waals surface area contributed by atoms with Crippen LogP contribution in [0, 0.1) is 0 Å². The molecule has 13 N–H and O–H groups in total. The van der Waals surface area contributed by atoms with E-state index in [0.29, 0.717) is 0 Å². The molecule has 0 rings (SSSR count). The van der Waals surface area contributed by atoms with Crippen LogP contribution in [0.2, 0.25) is 0 Å². The van der Waals surface area contributed by atoms with E-state index >= 15 is 0 Å². The van der Waals surface area contributed by atoms with Crippen LogP contribution in [0.4, 0.5) is 0 Å². The molecule has 0 fully saturated rings. The second kappa shape index (κ2) is 33.6. The molecular formula is C10H24N4O10Zr. The first-order valence-corrected chi connectivity index (χ1v) is 5.69. The first-order valence-electron chi connectivity index (χ1n) is 5.69. The summed E-state index contributed by atoms with van der Waals surface area (Å²) in [6.45, 7) is -0.0278. The standard InChI is InChI=1S/4C2H5NO2.C2H4O2.Zr/c4*3-1-2(4)5;1-2(3)4;/h4*1,3H2,(H,4,5);1H3,(H,3,4);. The molecule has 0 aromatic rings. The monoisotopic (exact) mass is 450 g/mol. The molecule has 0 atom stereocenters. The van der Waals surface area contributed by atoms with Crippen LogP contribution in [0.1, 0.15) is 6.92 Å². The van der Waals surface area contributed by atoms with Gasteiger partial charge in [-0.3, -0.25) is 24.0 Å². The fraction of sp³-hybridized carbons (Fsp3) is 0.500. The summed E-state index contributed by atoms with van der Waals surface area (Å²) in [5, 5.41) is 37.8. The van der Waals surface area contributed by atoms with Gasteiger partial charge in [0.05, 0.1) is 26.2 Å². The van der Waals surface area contributed by atoms with Crippen molar-refractivity contribution in [3.8, 4) is 0 Å². The first-order chi connectivity index (χ1) is 10.8. The predicted octanol–water partition coefficient (Wildman–Crippen LogP) is -3.79. The van der Waals surface area contributed by atoms with Crippen molar-refractivity contribution in [1.29, 1.82) is 0 Å². The summed E-state index contributed by atoms with van der Waals surface area (Å²) in [4.78, 5) is 46.0. The largest absolute Gasteiger partial charge is 0.481 e. The van der Waals surface area contributed by atoms with Crippen LogP contribution in [0.5, 0.6) is 0 Å². The molecule has 0 bridgehead atoms. The fourth-order valence-electron chi connectivity index (χ4n) is 0. The van der Waals surface area contributed by atoms with Crippen molar-refractivity contribution in [3.05, 3.63) is 0 Å². The van der Waals surface area contributed by atoms with Crippen molar-refractivity contribution in [3.63, 3.8) is 0 Å². The van der Waals surface area contributed by atoms with E-state index in [4.69, 9.17) is 30.3 Å². The summed E-state index contributed by atoms with van der Waals surface area (Å²) in [6.07, 6.45) is 0. The maximum absolute atomic E-state index is 9.24. The van der Waals surface area contributed by atoms with Crippen LogP contribution in [-0.2, 0) is 50.2 Å². The van der Waals surface area contributed by atoms with E-state index in [9.17, 15) is 19.2 Å². The van der Waals surface area contributed by atoms with Crippen LogP contribution < -0.4 is 22.9 Å². The molecule has 0 aliphatic carbocycles. The van der Waals surface area contributed by atoms with E-state index in [0.717, 1.165) is 6.92 Å². The molecule has 0 spiro atoms. The van der Waals surface area contributed by atoms with Crippen LogP contribution in [0.3, 0.4) is 0 Å². The maximum atomic E-state index is 9.24. The Balaban J connectivity index is -0.0000000448. The van der Waals surface area contributed by atoms with Gasteiger partial charge in [-0.25, -0.2) is 0 Å². The summed E-state index contributed by atoms with van der Waals surface area (Å²) in [6, 6.07) is 0. The van der Waals surface area contributed by atoms with Crippen LogP contribution >= 0.6 is 0 Å². The fourth-order valence-corrected chi connectivity index (χ4v) is 0. The molecule has 0 unspecified atom stereocenters. The number of nitrogens with two attached hydrogens (primary N) is 4. The van der Waals surface area contributed by atoms with Gasteiger partial charge in [0.15, 0.2) is 0 Å². The van der Waals surface area contributed by atoms with Crippen molar-refractivity contribution in [2.45, 2.75) is 6.92 Å². The number of aliphatic carboxylic acids is 5. The van der Waals surface area contributed by atoms with E-state index in [1.165, 1.54) is 0 Å². The average Bonchev–Trinajstić information content (AvgIpc) is 2.48. The van der Waals surface area contributed by atoms with Gasteiger partial charge in [-0.2, -0.15) is 0 Å². The number of carboxylic acid groups (broad SMARTS) is 5. The van der Waals surface area contributed by atoms with Crippen molar-refractivity contribution < 1.29 is 75.7 Å². The second-order valence-electron chi connectivity index (χ2n) is 2.91. The van der Waals surface area contributed by atoms with Gasteiger partial charge in [0.1, 0.15) is 0 Å². The van der Waals surface area contributed by atoms with Crippen LogP contribution in [0.15, 0.2) is 0 Å². The van der Waals surface area contributed by atoms with Crippen molar-refractivity contribution >= 4 is 29.8 Å². The number of carbonyl (C=O) groups is 5. The Morgan fingerprint density at radius 2 is 0.600 bits per heavy atom. The molecular weight excluding hydrogens is 427 g/mol. The summed E-state index contributed by atoms with van der Waals surface area (Å²) < 4.78 is 0. The number of carboxylic acids is 5. The third-order valence-electron chi connectivity index (χ3n) is 0.698. The van der Waals surface area contributed by atoms with Crippen LogP contribution in [-0.4, -0.2) is 81.6 Å². The quantitative estimate of drug-likeness (QED) is 0.198. The number of rotatable bonds is 4. The van der Waals surface area contributed by atoms with E-state index < -0.39 is 29.8 Å². The third kappa shape index (κ3) is 241. The van der Waals surface area contributed by atoms with Gasteiger partial charge in [0.2, 0.25) is 0 Å².